The third-order valence-corrected chi connectivity index (χ3v) is 6.12. The minimum Gasteiger partial charge on any atom is -0.507 e. The van der Waals surface area contributed by atoms with Crippen LogP contribution in [0, 0.1) is 20.8 Å². The maximum absolute atomic E-state index is 12.2. The molecule has 7 nitrogen and oxygen atoms in total. The Morgan fingerprint density at radius 1 is 1.19 bits per heavy atom. The first-order chi connectivity index (χ1) is 15.1. The topological polar surface area (TPSA) is 123 Å². The number of hydrogen-bond donors (Lipinski definition) is 4. The van der Waals surface area contributed by atoms with E-state index >= 15 is 0 Å². The molecule has 1 aliphatic rings. The van der Waals surface area contributed by atoms with Gasteiger partial charge in [-0.15, -0.1) is 0 Å². The lowest BCUT2D eigenvalue weighted by Crippen LogP contribution is -2.40. The summed E-state index contributed by atoms with van der Waals surface area (Å²) in [6, 6.07) is 7.23. The van der Waals surface area contributed by atoms with E-state index in [4.69, 9.17) is 16.2 Å². The first kappa shape index (κ1) is 23.2. The van der Waals surface area contributed by atoms with Crippen LogP contribution in [0.15, 0.2) is 35.3 Å². The minimum atomic E-state index is -0.369. The first-order valence-electron chi connectivity index (χ1n) is 10.8. The van der Waals surface area contributed by atoms with Crippen LogP contribution in [0.3, 0.4) is 0 Å². The number of hydrogen-bond acceptors (Lipinski definition) is 4. The van der Waals surface area contributed by atoms with Crippen molar-refractivity contribution in [2.45, 2.75) is 52.6 Å². The molecule has 0 spiro atoms. The highest BCUT2D eigenvalue weighted by atomic mass is 16.5. The summed E-state index contributed by atoms with van der Waals surface area (Å²) in [7, 11) is 0. The van der Waals surface area contributed by atoms with E-state index in [1.165, 1.54) is 6.08 Å². The molecule has 2 aromatic carbocycles. The molecule has 2 aromatic rings. The summed E-state index contributed by atoms with van der Waals surface area (Å²) in [5, 5.41) is 13.3. The van der Waals surface area contributed by atoms with Gasteiger partial charge in [0.1, 0.15) is 17.1 Å². The zero-order valence-electron chi connectivity index (χ0n) is 19.2. The van der Waals surface area contributed by atoms with Gasteiger partial charge in [-0.25, -0.2) is 4.99 Å². The SMILES string of the molecule is Cc1c(C)c2c(c(C)c1O)CCC(C)(CCNC(=O)C=Cc1ccc(N=C(N)N)cc1)O2. The lowest BCUT2D eigenvalue weighted by molar-refractivity contribution is -0.116. The number of nitrogens with zero attached hydrogens (tertiary/aromatic N) is 1. The fraction of sp³-hybridized carbons (Fsp3) is 0.360. The third kappa shape index (κ3) is 5.22. The molecule has 32 heavy (non-hydrogen) atoms. The number of benzene rings is 2. The van der Waals surface area contributed by atoms with E-state index in [0.717, 1.165) is 46.4 Å². The smallest absolute Gasteiger partial charge is 0.244 e. The van der Waals surface area contributed by atoms with Crippen LogP contribution in [0.5, 0.6) is 11.5 Å². The van der Waals surface area contributed by atoms with Gasteiger partial charge in [0.2, 0.25) is 5.91 Å². The molecule has 170 valence electrons. The lowest BCUT2D eigenvalue weighted by Gasteiger charge is -2.38. The zero-order chi connectivity index (χ0) is 23.5. The second-order valence-electron chi connectivity index (χ2n) is 8.59. The Balaban J connectivity index is 1.56. The Morgan fingerprint density at radius 3 is 2.53 bits per heavy atom. The Labute approximate surface area is 189 Å². The number of ether oxygens (including phenoxy) is 1. The summed E-state index contributed by atoms with van der Waals surface area (Å²) in [5.74, 6) is 1.08. The van der Waals surface area contributed by atoms with Crippen molar-refractivity contribution in [3.63, 3.8) is 0 Å². The van der Waals surface area contributed by atoms with Crippen molar-refractivity contribution in [3.8, 4) is 11.5 Å². The average molecular weight is 437 g/mol. The molecule has 1 atom stereocenters. The van der Waals surface area contributed by atoms with Gasteiger partial charge in [-0.1, -0.05) is 12.1 Å². The number of rotatable bonds is 6. The van der Waals surface area contributed by atoms with Gasteiger partial charge in [-0.3, -0.25) is 4.79 Å². The number of nitrogens with one attached hydrogen (secondary N) is 1. The van der Waals surface area contributed by atoms with Crippen molar-refractivity contribution in [3.05, 3.63) is 58.2 Å². The third-order valence-electron chi connectivity index (χ3n) is 6.12. The Kier molecular flexibility index (Phi) is 6.77. The molecule has 0 bridgehead atoms. The van der Waals surface area contributed by atoms with E-state index in [0.29, 0.717) is 24.4 Å². The fourth-order valence-corrected chi connectivity index (χ4v) is 3.96. The number of phenols is 1. The van der Waals surface area contributed by atoms with Crippen LogP contribution in [0.2, 0.25) is 0 Å². The van der Waals surface area contributed by atoms with E-state index in [-0.39, 0.29) is 17.5 Å². The van der Waals surface area contributed by atoms with E-state index in [9.17, 15) is 9.90 Å². The summed E-state index contributed by atoms with van der Waals surface area (Å²) in [4.78, 5) is 16.2. The van der Waals surface area contributed by atoms with Crippen molar-refractivity contribution < 1.29 is 14.6 Å². The van der Waals surface area contributed by atoms with Crippen LogP contribution in [0.1, 0.15) is 47.6 Å². The summed E-state index contributed by atoms with van der Waals surface area (Å²) < 4.78 is 6.41. The van der Waals surface area contributed by atoms with Gasteiger partial charge in [-0.2, -0.15) is 0 Å². The normalized spacial score (nSPS) is 17.5. The lowest BCUT2D eigenvalue weighted by atomic mass is 9.85. The Morgan fingerprint density at radius 2 is 1.88 bits per heavy atom. The molecule has 7 heteroatoms. The largest absolute Gasteiger partial charge is 0.507 e. The van der Waals surface area contributed by atoms with E-state index in [1.54, 1.807) is 18.2 Å². The molecule has 1 heterocycles. The fourth-order valence-electron chi connectivity index (χ4n) is 3.96. The second-order valence-corrected chi connectivity index (χ2v) is 8.59. The Bertz CT molecular complexity index is 1070. The molecular formula is C25H32N4O3. The van der Waals surface area contributed by atoms with Gasteiger partial charge < -0.3 is 26.6 Å². The number of aliphatic imine (C=N–C) groups is 1. The van der Waals surface area contributed by atoms with Gasteiger partial charge in [-0.05, 0) is 81.0 Å². The van der Waals surface area contributed by atoms with E-state index < -0.39 is 0 Å². The molecule has 0 radical (unpaired) electrons. The quantitative estimate of drug-likeness (QED) is 0.313. The van der Waals surface area contributed by atoms with Crippen LogP contribution in [-0.4, -0.2) is 29.1 Å². The van der Waals surface area contributed by atoms with Gasteiger partial charge >= 0.3 is 0 Å². The molecule has 1 amide bonds. The number of carbonyl (C=O) groups excluding carboxylic acids is 1. The molecule has 0 fully saturated rings. The number of carbonyl (C=O) groups is 1. The molecule has 1 unspecified atom stereocenters. The van der Waals surface area contributed by atoms with Crippen LogP contribution in [0.25, 0.3) is 6.08 Å². The predicted molar refractivity (Wildman–Crippen MR) is 128 cm³/mol. The molecule has 0 saturated carbocycles. The summed E-state index contributed by atoms with van der Waals surface area (Å²) in [5.41, 5.74) is 15.7. The first-order valence-corrected chi connectivity index (χ1v) is 10.8. The van der Waals surface area contributed by atoms with Crippen LogP contribution < -0.4 is 21.5 Å². The highest BCUT2D eigenvalue weighted by Crippen LogP contribution is 2.43. The van der Waals surface area contributed by atoms with E-state index in [2.05, 4.69) is 17.2 Å². The van der Waals surface area contributed by atoms with Gasteiger partial charge in [0, 0.05) is 24.6 Å². The summed E-state index contributed by atoms with van der Waals surface area (Å²) >= 11 is 0. The molecule has 0 aromatic heterocycles. The van der Waals surface area contributed by atoms with Gasteiger partial charge in [0.05, 0.1) is 5.69 Å². The predicted octanol–water partition coefficient (Wildman–Crippen LogP) is 3.53. The maximum atomic E-state index is 12.2. The number of guanidine groups is 1. The number of aromatic hydroxyl groups is 1. The summed E-state index contributed by atoms with van der Waals surface area (Å²) in [6.07, 6.45) is 5.62. The van der Waals surface area contributed by atoms with Crippen LogP contribution >= 0.6 is 0 Å². The van der Waals surface area contributed by atoms with Crippen molar-refractivity contribution in [1.82, 2.24) is 5.32 Å². The number of nitrogens with two attached hydrogens (primary N) is 2. The van der Waals surface area contributed by atoms with Crippen molar-refractivity contribution in [2.75, 3.05) is 6.54 Å². The van der Waals surface area contributed by atoms with Crippen molar-refractivity contribution >= 4 is 23.6 Å². The minimum absolute atomic E-state index is 0.00498. The van der Waals surface area contributed by atoms with Crippen LogP contribution in [0.4, 0.5) is 5.69 Å². The molecule has 6 N–H and O–H groups in total. The molecular weight excluding hydrogens is 404 g/mol. The highest BCUT2D eigenvalue weighted by molar-refractivity contribution is 5.91. The molecule has 1 aliphatic heterocycles. The van der Waals surface area contributed by atoms with Gasteiger partial charge in [0.25, 0.3) is 0 Å². The van der Waals surface area contributed by atoms with Gasteiger partial charge in [0.15, 0.2) is 5.96 Å². The second kappa shape index (κ2) is 9.34. The molecule has 0 saturated heterocycles. The average Bonchev–Trinajstić information content (AvgIpc) is 2.75. The maximum Gasteiger partial charge on any atom is 0.244 e. The van der Waals surface area contributed by atoms with Crippen LogP contribution in [-0.2, 0) is 11.2 Å². The standard InChI is InChI=1S/C25H32N4O3/c1-15-16(2)23-20(17(3)22(15)31)11-12-25(4,32-23)13-14-28-21(30)10-7-18-5-8-19(9-6-18)29-24(26)27/h5-10,31H,11-14H2,1-4H3,(H,28,30)(H4,26,27,29). The molecule has 0 aliphatic carbocycles. The summed E-state index contributed by atoms with van der Waals surface area (Å²) in [6.45, 7) is 8.41. The van der Waals surface area contributed by atoms with Crippen molar-refractivity contribution in [2.24, 2.45) is 16.5 Å². The Hall–Kier alpha value is -3.48. The number of amides is 1. The highest BCUT2D eigenvalue weighted by Gasteiger charge is 2.34. The molecule has 3 rings (SSSR count). The van der Waals surface area contributed by atoms with E-state index in [1.807, 2.05) is 32.9 Å². The monoisotopic (exact) mass is 436 g/mol. The van der Waals surface area contributed by atoms with Crippen molar-refractivity contribution in [1.29, 1.82) is 0 Å². The number of fused-ring (bicyclic) bond motifs is 1. The zero-order valence-corrected chi connectivity index (χ0v) is 19.2. The number of phenolic OH excluding ortho intramolecular Hbond substituents is 1.